The number of anilines is 1. The largest absolute Gasteiger partial charge is 0.381 e. The van der Waals surface area contributed by atoms with Crippen molar-refractivity contribution in [2.45, 2.75) is 64.0 Å². The lowest BCUT2D eigenvalue weighted by molar-refractivity contribution is 0.0776. The highest BCUT2D eigenvalue weighted by Gasteiger charge is 2.24. The summed E-state index contributed by atoms with van der Waals surface area (Å²) in [6, 6.07) is 13.1. The van der Waals surface area contributed by atoms with Crippen molar-refractivity contribution in [3.63, 3.8) is 0 Å². The molecule has 1 heterocycles. The summed E-state index contributed by atoms with van der Waals surface area (Å²) in [7, 11) is 0. The second-order valence-electron chi connectivity index (χ2n) is 8.48. The van der Waals surface area contributed by atoms with Gasteiger partial charge in [0.1, 0.15) is 0 Å². The maximum atomic E-state index is 11.1. The molecule has 0 atom stereocenters. The number of fused-ring (bicyclic) bond motifs is 2. The predicted molar refractivity (Wildman–Crippen MR) is 121 cm³/mol. The topological polar surface area (TPSA) is 76.4 Å². The van der Waals surface area contributed by atoms with Gasteiger partial charge in [-0.05, 0) is 79.2 Å². The van der Waals surface area contributed by atoms with Crippen LogP contribution in [0.3, 0.4) is 0 Å². The Morgan fingerprint density at radius 2 is 1.60 bits per heavy atom. The summed E-state index contributed by atoms with van der Waals surface area (Å²) in [5, 5.41) is 6.40. The lowest BCUT2D eigenvalue weighted by Gasteiger charge is -2.23. The van der Waals surface area contributed by atoms with Crippen molar-refractivity contribution in [1.29, 1.82) is 0 Å². The molecule has 0 unspecified atom stereocenters. The number of carbonyl (C=O) groups is 1. The van der Waals surface area contributed by atoms with Crippen molar-refractivity contribution in [3.05, 3.63) is 64.2 Å². The smallest absolute Gasteiger partial charge is 0.316 e. The molecule has 3 aliphatic rings. The minimum atomic E-state index is -0.436. The van der Waals surface area contributed by atoms with Crippen molar-refractivity contribution >= 4 is 11.7 Å². The average Bonchev–Trinajstić information content (AvgIpc) is 3.43. The molecule has 5 rings (SSSR count). The summed E-state index contributed by atoms with van der Waals surface area (Å²) < 4.78 is 5.31. The van der Waals surface area contributed by atoms with Crippen LogP contribution in [0, 0.1) is 0 Å². The molecule has 0 radical (unpaired) electrons. The van der Waals surface area contributed by atoms with Crippen LogP contribution < -0.4 is 16.4 Å². The monoisotopic (exact) mass is 407 g/mol. The van der Waals surface area contributed by atoms with E-state index in [4.69, 9.17) is 10.5 Å². The third-order valence-electron chi connectivity index (χ3n) is 6.38. The number of amides is 2. The van der Waals surface area contributed by atoms with Gasteiger partial charge in [0.25, 0.3) is 0 Å². The van der Waals surface area contributed by atoms with E-state index in [-0.39, 0.29) is 0 Å². The van der Waals surface area contributed by atoms with Gasteiger partial charge in [0, 0.05) is 31.5 Å². The van der Waals surface area contributed by atoms with Gasteiger partial charge in [0.2, 0.25) is 0 Å². The Hall–Kier alpha value is -2.37. The van der Waals surface area contributed by atoms with Crippen LogP contribution in [0.1, 0.15) is 53.5 Å². The highest BCUT2D eigenvalue weighted by atomic mass is 16.5. The fourth-order valence-corrected chi connectivity index (χ4v) is 4.85. The van der Waals surface area contributed by atoms with Crippen molar-refractivity contribution in [2.75, 3.05) is 18.5 Å². The molecule has 4 N–H and O–H groups in total. The second kappa shape index (κ2) is 10.1. The van der Waals surface area contributed by atoms with Crippen molar-refractivity contribution in [1.82, 2.24) is 5.32 Å². The van der Waals surface area contributed by atoms with Crippen LogP contribution in [0.5, 0.6) is 0 Å². The van der Waals surface area contributed by atoms with E-state index >= 15 is 0 Å². The normalized spacial score (nSPS) is 17.6. The SMILES string of the molecule is NC(=O)Nc1c2c(cc3c1CCC3)CCC2.c1ccc(CNC2CCOCC2)cc1. The lowest BCUT2D eigenvalue weighted by Crippen LogP contribution is -2.34. The van der Waals surface area contributed by atoms with Gasteiger partial charge >= 0.3 is 6.03 Å². The van der Waals surface area contributed by atoms with E-state index in [1.807, 2.05) is 0 Å². The number of carbonyl (C=O) groups excluding carboxylic acids is 1. The van der Waals surface area contributed by atoms with E-state index in [1.54, 1.807) is 0 Å². The van der Waals surface area contributed by atoms with E-state index in [2.05, 4.69) is 47.0 Å². The van der Waals surface area contributed by atoms with E-state index in [9.17, 15) is 4.79 Å². The number of benzene rings is 2. The Morgan fingerprint density at radius 1 is 0.967 bits per heavy atom. The van der Waals surface area contributed by atoms with Crippen LogP contribution in [-0.4, -0.2) is 25.3 Å². The number of aryl methyl sites for hydroxylation is 2. The van der Waals surface area contributed by atoms with Gasteiger partial charge in [-0.25, -0.2) is 4.79 Å². The first-order valence-corrected chi connectivity index (χ1v) is 11.3. The number of hydrogen-bond acceptors (Lipinski definition) is 3. The summed E-state index contributed by atoms with van der Waals surface area (Å²) in [5.74, 6) is 0. The molecule has 30 heavy (non-hydrogen) atoms. The zero-order chi connectivity index (χ0) is 20.8. The Labute approximate surface area is 179 Å². The van der Waals surface area contributed by atoms with Gasteiger partial charge in [-0.2, -0.15) is 0 Å². The highest BCUT2D eigenvalue weighted by Crippen LogP contribution is 2.38. The van der Waals surface area contributed by atoms with Crippen LogP contribution in [0.25, 0.3) is 0 Å². The van der Waals surface area contributed by atoms with Crippen LogP contribution in [-0.2, 0) is 37.0 Å². The van der Waals surface area contributed by atoms with Gasteiger partial charge in [-0.1, -0.05) is 36.4 Å². The molecule has 2 aromatic rings. The number of nitrogens with two attached hydrogens (primary N) is 1. The lowest BCUT2D eigenvalue weighted by atomic mass is 9.99. The summed E-state index contributed by atoms with van der Waals surface area (Å²) in [5.41, 5.74) is 13.2. The summed E-state index contributed by atoms with van der Waals surface area (Å²) in [6.07, 6.45) is 9.15. The molecule has 5 nitrogen and oxygen atoms in total. The van der Waals surface area contributed by atoms with Gasteiger partial charge in [0.15, 0.2) is 0 Å². The van der Waals surface area contributed by atoms with Crippen molar-refractivity contribution in [3.8, 4) is 0 Å². The molecule has 2 aromatic carbocycles. The number of primary amides is 1. The molecule has 1 saturated heterocycles. The first-order valence-electron chi connectivity index (χ1n) is 11.3. The summed E-state index contributed by atoms with van der Waals surface area (Å²) in [6.45, 7) is 2.80. The van der Waals surface area contributed by atoms with Crippen LogP contribution in [0.15, 0.2) is 36.4 Å². The highest BCUT2D eigenvalue weighted by molar-refractivity contribution is 5.90. The molecule has 1 aliphatic heterocycles. The molecule has 0 aromatic heterocycles. The average molecular weight is 408 g/mol. The van der Waals surface area contributed by atoms with Crippen LogP contribution in [0.4, 0.5) is 10.5 Å². The van der Waals surface area contributed by atoms with Crippen molar-refractivity contribution in [2.24, 2.45) is 5.73 Å². The Bertz CT molecular complexity index is 828. The molecular weight excluding hydrogens is 374 g/mol. The molecule has 1 fully saturated rings. The van der Waals surface area contributed by atoms with Gasteiger partial charge in [0.05, 0.1) is 0 Å². The Balaban J connectivity index is 0.000000147. The predicted octanol–water partition coefficient (Wildman–Crippen LogP) is 4.11. The molecule has 2 aliphatic carbocycles. The summed E-state index contributed by atoms with van der Waals surface area (Å²) in [4.78, 5) is 11.1. The zero-order valence-electron chi connectivity index (χ0n) is 17.7. The minimum Gasteiger partial charge on any atom is -0.381 e. The van der Waals surface area contributed by atoms with E-state index in [1.165, 1.54) is 40.7 Å². The first kappa shape index (κ1) is 20.9. The second-order valence-corrected chi connectivity index (χ2v) is 8.48. The molecule has 0 saturated carbocycles. The third-order valence-corrected chi connectivity index (χ3v) is 6.38. The van der Waals surface area contributed by atoms with E-state index in [0.717, 1.165) is 64.0 Å². The van der Waals surface area contributed by atoms with Crippen LogP contribution in [0.2, 0.25) is 0 Å². The number of hydrogen-bond donors (Lipinski definition) is 3. The quantitative estimate of drug-likeness (QED) is 0.714. The maximum absolute atomic E-state index is 11.1. The number of rotatable bonds is 4. The minimum absolute atomic E-state index is 0.436. The van der Waals surface area contributed by atoms with Gasteiger partial charge in [-0.15, -0.1) is 0 Å². The molecule has 5 heteroatoms. The fraction of sp³-hybridized carbons (Fsp3) is 0.480. The fourth-order valence-electron chi connectivity index (χ4n) is 4.85. The number of urea groups is 1. The first-order chi connectivity index (χ1) is 14.7. The van der Waals surface area contributed by atoms with E-state index < -0.39 is 6.03 Å². The molecule has 160 valence electrons. The Kier molecular flexibility index (Phi) is 7.03. The van der Waals surface area contributed by atoms with Gasteiger partial charge in [-0.3, -0.25) is 0 Å². The van der Waals surface area contributed by atoms with Gasteiger partial charge < -0.3 is 21.1 Å². The number of ether oxygens (including phenoxy) is 1. The van der Waals surface area contributed by atoms with Crippen molar-refractivity contribution < 1.29 is 9.53 Å². The Morgan fingerprint density at radius 3 is 2.20 bits per heavy atom. The molecule has 0 bridgehead atoms. The maximum Gasteiger partial charge on any atom is 0.316 e. The summed E-state index contributed by atoms with van der Waals surface area (Å²) >= 11 is 0. The number of nitrogens with one attached hydrogen (secondary N) is 2. The molecule has 2 amide bonds. The van der Waals surface area contributed by atoms with Crippen LogP contribution >= 0.6 is 0 Å². The third kappa shape index (κ3) is 5.21. The molecular formula is C25H33N3O2. The standard InChI is InChI=1S/C13H16N2O.C12H17NO/c14-13(16)15-12-10-5-1-3-8(10)7-9-4-2-6-11(9)12;1-2-4-11(5-3-1)10-13-12-6-8-14-9-7-12/h7H,1-6H2,(H3,14,15,16);1-5,12-13H,6-10H2. The molecule has 0 spiro atoms. The van der Waals surface area contributed by atoms with E-state index in [0.29, 0.717) is 6.04 Å². The zero-order valence-corrected chi connectivity index (χ0v) is 17.7.